The van der Waals surface area contributed by atoms with E-state index in [1.165, 1.54) is 5.69 Å². The zero-order valence-corrected chi connectivity index (χ0v) is 12.5. The van der Waals surface area contributed by atoms with Crippen molar-refractivity contribution in [2.75, 3.05) is 14.2 Å². The van der Waals surface area contributed by atoms with Gasteiger partial charge in [0.15, 0.2) is 23.4 Å². The highest BCUT2D eigenvalue weighted by Crippen LogP contribution is 2.31. The fraction of sp³-hybridized carbons (Fsp3) is 0.167. The Morgan fingerprint density at radius 3 is 2.05 bits per heavy atom. The molecule has 0 atom stereocenters. The Balaban J connectivity index is 2.23. The molecule has 3 heteroatoms. The lowest BCUT2D eigenvalue weighted by atomic mass is 10.1. The number of hydrogen-bond acceptors (Lipinski definition) is 2. The minimum Gasteiger partial charge on any atom is -0.493 e. The molecule has 1 heterocycles. The van der Waals surface area contributed by atoms with Crippen molar-refractivity contribution in [3.8, 4) is 17.2 Å². The minimum absolute atomic E-state index is 0.744. The van der Waals surface area contributed by atoms with Gasteiger partial charge in [-0.2, -0.15) is 4.57 Å². The number of aromatic nitrogens is 1. The Kier molecular flexibility index (Phi) is 3.48. The Morgan fingerprint density at radius 2 is 1.43 bits per heavy atom. The summed E-state index contributed by atoms with van der Waals surface area (Å²) in [7, 11) is 3.31. The zero-order valence-electron chi connectivity index (χ0n) is 12.5. The molecule has 0 unspecified atom stereocenters. The first kappa shape index (κ1) is 13.4. The van der Waals surface area contributed by atoms with E-state index in [0.717, 1.165) is 28.0 Å². The van der Waals surface area contributed by atoms with Crippen LogP contribution in [0, 0.1) is 6.92 Å². The molecule has 0 aliphatic carbocycles. The predicted molar refractivity (Wildman–Crippen MR) is 83.3 cm³/mol. The van der Waals surface area contributed by atoms with Crippen LogP contribution in [0.3, 0.4) is 0 Å². The average molecular weight is 280 g/mol. The maximum atomic E-state index is 5.39. The number of benzene rings is 2. The second-order valence-electron chi connectivity index (χ2n) is 4.96. The molecule has 21 heavy (non-hydrogen) atoms. The maximum absolute atomic E-state index is 5.39. The van der Waals surface area contributed by atoms with Gasteiger partial charge >= 0.3 is 0 Å². The first-order valence-electron chi connectivity index (χ1n) is 6.86. The molecular formula is C18H18NO2+. The molecule has 2 aromatic carbocycles. The monoisotopic (exact) mass is 280 g/mol. The number of para-hydroxylation sites is 1. The van der Waals surface area contributed by atoms with Gasteiger partial charge in [0, 0.05) is 25.1 Å². The third-order valence-corrected chi connectivity index (χ3v) is 3.64. The van der Waals surface area contributed by atoms with Crippen LogP contribution in [-0.4, -0.2) is 14.2 Å². The summed E-state index contributed by atoms with van der Waals surface area (Å²) in [6, 6.07) is 16.5. The molecule has 3 nitrogen and oxygen atoms in total. The van der Waals surface area contributed by atoms with E-state index in [1.807, 2.05) is 30.3 Å². The van der Waals surface area contributed by atoms with E-state index in [0.29, 0.717) is 0 Å². The number of fused-ring (bicyclic) bond motifs is 1. The van der Waals surface area contributed by atoms with Gasteiger partial charge in [-0.15, -0.1) is 0 Å². The number of methoxy groups -OCH3 is 2. The highest BCUT2D eigenvalue weighted by Gasteiger charge is 2.14. The molecular weight excluding hydrogens is 262 g/mol. The first-order valence-corrected chi connectivity index (χ1v) is 6.86. The molecule has 0 saturated carbocycles. The standard InChI is InChI=1S/C18H18NO2/c1-13-9-14-10-17(20-2)18(21-3)11-15(14)12-19(13)16-7-5-4-6-8-16/h4-12H,1-3H3/q+1. The fourth-order valence-electron chi connectivity index (χ4n) is 2.55. The van der Waals surface area contributed by atoms with Gasteiger partial charge in [0.2, 0.25) is 5.69 Å². The molecule has 3 aromatic rings. The van der Waals surface area contributed by atoms with Crippen LogP contribution in [0.25, 0.3) is 16.5 Å². The number of ether oxygens (including phenoxy) is 2. The first-order chi connectivity index (χ1) is 10.2. The molecule has 3 rings (SSSR count). The van der Waals surface area contributed by atoms with Crippen LogP contribution < -0.4 is 14.0 Å². The molecule has 0 spiro atoms. The number of aryl methyl sites for hydroxylation is 1. The third kappa shape index (κ3) is 2.42. The van der Waals surface area contributed by atoms with Crippen LogP contribution in [0.4, 0.5) is 0 Å². The van der Waals surface area contributed by atoms with Gasteiger partial charge in [-0.05, 0) is 17.5 Å². The molecule has 0 amide bonds. The van der Waals surface area contributed by atoms with Crippen LogP contribution in [0.5, 0.6) is 11.5 Å². The summed E-state index contributed by atoms with van der Waals surface area (Å²) < 4.78 is 12.9. The lowest BCUT2D eigenvalue weighted by molar-refractivity contribution is -0.601. The third-order valence-electron chi connectivity index (χ3n) is 3.64. The summed E-state index contributed by atoms with van der Waals surface area (Å²) in [6.45, 7) is 2.10. The van der Waals surface area contributed by atoms with Gasteiger partial charge in [-0.1, -0.05) is 18.2 Å². The number of nitrogens with zero attached hydrogens (tertiary/aromatic N) is 1. The minimum atomic E-state index is 0.744. The summed E-state index contributed by atoms with van der Waals surface area (Å²) in [5.41, 5.74) is 2.31. The van der Waals surface area contributed by atoms with Gasteiger partial charge < -0.3 is 9.47 Å². The molecule has 0 fully saturated rings. The van der Waals surface area contributed by atoms with E-state index < -0.39 is 0 Å². The quantitative estimate of drug-likeness (QED) is 0.686. The predicted octanol–water partition coefficient (Wildman–Crippen LogP) is 3.44. The Morgan fingerprint density at radius 1 is 0.810 bits per heavy atom. The smallest absolute Gasteiger partial charge is 0.210 e. The summed E-state index contributed by atoms with van der Waals surface area (Å²) in [5.74, 6) is 1.50. The van der Waals surface area contributed by atoms with E-state index in [9.17, 15) is 0 Å². The number of rotatable bonds is 3. The Labute approximate surface area is 124 Å². The molecule has 106 valence electrons. The zero-order chi connectivity index (χ0) is 14.8. The number of hydrogen-bond donors (Lipinski definition) is 0. The van der Waals surface area contributed by atoms with Gasteiger partial charge in [0.25, 0.3) is 0 Å². The van der Waals surface area contributed by atoms with E-state index in [-0.39, 0.29) is 0 Å². The van der Waals surface area contributed by atoms with Crippen LogP contribution >= 0.6 is 0 Å². The van der Waals surface area contributed by atoms with Crippen LogP contribution in [-0.2, 0) is 0 Å². The van der Waals surface area contributed by atoms with Gasteiger partial charge in [0.1, 0.15) is 0 Å². The second kappa shape index (κ2) is 5.44. The largest absolute Gasteiger partial charge is 0.493 e. The van der Waals surface area contributed by atoms with Gasteiger partial charge in [-0.25, -0.2) is 0 Å². The molecule has 0 N–H and O–H groups in total. The summed E-state index contributed by atoms with van der Waals surface area (Å²) in [6.07, 6.45) is 2.13. The average Bonchev–Trinajstić information content (AvgIpc) is 2.53. The highest BCUT2D eigenvalue weighted by atomic mass is 16.5. The molecule has 0 aliphatic heterocycles. The fourth-order valence-corrected chi connectivity index (χ4v) is 2.55. The second-order valence-corrected chi connectivity index (χ2v) is 4.96. The van der Waals surface area contributed by atoms with E-state index in [2.05, 4.69) is 35.9 Å². The summed E-state index contributed by atoms with van der Waals surface area (Å²) in [5, 5.41) is 2.25. The van der Waals surface area contributed by atoms with Crippen molar-refractivity contribution in [3.05, 3.63) is 60.4 Å². The lowest BCUT2D eigenvalue weighted by Crippen LogP contribution is -2.33. The number of pyridine rings is 1. The summed E-state index contributed by atoms with van der Waals surface area (Å²) >= 11 is 0. The topological polar surface area (TPSA) is 22.3 Å². The molecule has 1 aromatic heterocycles. The normalized spacial score (nSPS) is 10.6. The lowest BCUT2D eigenvalue weighted by Gasteiger charge is -2.09. The van der Waals surface area contributed by atoms with E-state index in [1.54, 1.807) is 14.2 Å². The maximum Gasteiger partial charge on any atom is 0.210 e. The van der Waals surface area contributed by atoms with Crippen molar-refractivity contribution in [2.24, 2.45) is 0 Å². The molecule has 0 radical (unpaired) electrons. The van der Waals surface area contributed by atoms with Crippen molar-refractivity contribution in [1.82, 2.24) is 0 Å². The summed E-state index contributed by atoms with van der Waals surface area (Å²) in [4.78, 5) is 0. The van der Waals surface area contributed by atoms with Crippen molar-refractivity contribution in [1.29, 1.82) is 0 Å². The SMILES string of the molecule is COc1cc2cc(C)[n+](-c3ccccc3)cc2cc1OC. The van der Waals surface area contributed by atoms with Crippen molar-refractivity contribution in [2.45, 2.75) is 6.92 Å². The van der Waals surface area contributed by atoms with Crippen molar-refractivity contribution >= 4 is 10.8 Å². The van der Waals surface area contributed by atoms with E-state index >= 15 is 0 Å². The molecule has 0 aliphatic rings. The van der Waals surface area contributed by atoms with Gasteiger partial charge in [0.05, 0.1) is 19.6 Å². The van der Waals surface area contributed by atoms with Gasteiger partial charge in [-0.3, -0.25) is 0 Å². The van der Waals surface area contributed by atoms with Crippen LogP contribution in [0.1, 0.15) is 5.69 Å². The van der Waals surface area contributed by atoms with Crippen molar-refractivity contribution < 1.29 is 14.0 Å². The highest BCUT2D eigenvalue weighted by molar-refractivity contribution is 5.85. The van der Waals surface area contributed by atoms with E-state index in [4.69, 9.17) is 9.47 Å². The molecule has 0 saturated heterocycles. The van der Waals surface area contributed by atoms with Crippen LogP contribution in [0.15, 0.2) is 54.7 Å². The Hall–Kier alpha value is -2.55. The van der Waals surface area contributed by atoms with Crippen LogP contribution in [0.2, 0.25) is 0 Å². The van der Waals surface area contributed by atoms with Crippen molar-refractivity contribution in [3.63, 3.8) is 0 Å². The molecule has 0 bridgehead atoms. The Bertz CT molecular complexity index is 782.